The van der Waals surface area contributed by atoms with E-state index in [1.807, 2.05) is 6.92 Å². The molecule has 2 fully saturated rings. The number of hydrogen-bond acceptors (Lipinski definition) is 6. The number of primary amides is 1. The van der Waals surface area contributed by atoms with Gasteiger partial charge in [-0.2, -0.15) is 0 Å². The van der Waals surface area contributed by atoms with Crippen LogP contribution in [0.2, 0.25) is 0 Å². The maximum atomic E-state index is 13.3. The van der Waals surface area contributed by atoms with E-state index in [0.29, 0.717) is 17.2 Å². The van der Waals surface area contributed by atoms with Crippen molar-refractivity contribution in [3.8, 4) is 11.1 Å². The molecular formula is C28H33N5O2S. The van der Waals surface area contributed by atoms with E-state index in [9.17, 15) is 9.59 Å². The number of aryl methyl sites for hydroxylation is 1. The first-order valence-corrected chi connectivity index (χ1v) is 13.6. The highest BCUT2D eigenvalue weighted by molar-refractivity contribution is 7.19. The zero-order valence-electron chi connectivity index (χ0n) is 21.1. The minimum absolute atomic E-state index is 0.196. The Balaban J connectivity index is 1.40. The molecule has 2 aromatic carbocycles. The summed E-state index contributed by atoms with van der Waals surface area (Å²) in [6.07, 6.45) is 7.19. The smallest absolute Gasteiger partial charge is 0.258 e. The Morgan fingerprint density at radius 2 is 1.72 bits per heavy atom. The van der Waals surface area contributed by atoms with Crippen LogP contribution in [0.4, 0.5) is 10.3 Å². The lowest BCUT2D eigenvalue weighted by atomic mass is 9.93. The van der Waals surface area contributed by atoms with Crippen molar-refractivity contribution in [1.82, 2.24) is 10.2 Å². The number of anilines is 2. The molecule has 0 bridgehead atoms. The van der Waals surface area contributed by atoms with Gasteiger partial charge in [-0.15, -0.1) is 10.2 Å². The normalized spacial score (nSPS) is 19.8. The molecule has 1 aliphatic heterocycles. The third kappa shape index (κ3) is 5.14. The first kappa shape index (κ1) is 24.4. The van der Waals surface area contributed by atoms with Crippen molar-refractivity contribution in [3.63, 3.8) is 0 Å². The van der Waals surface area contributed by atoms with E-state index in [-0.39, 0.29) is 11.1 Å². The number of nitrogens with two attached hydrogens (primary N) is 1. The van der Waals surface area contributed by atoms with Crippen LogP contribution in [0.15, 0.2) is 36.4 Å². The van der Waals surface area contributed by atoms with Crippen LogP contribution in [-0.2, 0) is 6.42 Å². The summed E-state index contributed by atoms with van der Waals surface area (Å²) in [5.74, 6) is -0.230. The average molecular weight is 504 g/mol. The number of nitrogens with one attached hydrogen (secondary N) is 1. The average Bonchev–Trinajstić information content (AvgIpc) is 3.55. The Morgan fingerprint density at radius 3 is 2.36 bits per heavy atom. The van der Waals surface area contributed by atoms with Crippen molar-refractivity contribution in [1.29, 1.82) is 0 Å². The van der Waals surface area contributed by atoms with Crippen LogP contribution in [-0.4, -0.2) is 34.1 Å². The Kier molecular flexibility index (Phi) is 6.79. The molecule has 1 aromatic heterocycles. The molecule has 2 atom stereocenters. The first-order chi connectivity index (χ1) is 17.3. The highest BCUT2D eigenvalue weighted by Gasteiger charge is 2.28. The third-order valence-electron chi connectivity index (χ3n) is 7.41. The lowest BCUT2D eigenvalue weighted by molar-refractivity contribution is 0.0977. The maximum absolute atomic E-state index is 13.3. The van der Waals surface area contributed by atoms with Gasteiger partial charge in [-0.05, 0) is 99.6 Å². The number of carbonyl (C=O) groups excluding carboxylic acids is 2. The number of hydrogen-bond donors (Lipinski definition) is 2. The van der Waals surface area contributed by atoms with Gasteiger partial charge in [-0.1, -0.05) is 35.6 Å². The molecule has 36 heavy (non-hydrogen) atoms. The van der Waals surface area contributed by atoms with Crippen LogP contribution in [0.5, 0.6) is 0 Å². The second-order valence-electron chi connectivity index (χ2n) is 10.3. The molecule has 2 amide bonds. The van der Waals surface area contributed by atoms with Gasteiger partial charge in [-0.25, -0.2) is 0 Å². The van der Waals surface area contributed by atoms with Crippen molar-refractivity contribution < 1.29 is 9.59 Å². The number of amides is 2. The van der Waals surface area contributed by atoms with Gasteiger partial charge >= 0.3 is 0 Å². The fourth-order valence-electron chi connectivity index (χ4n) is 5.22. The number of benzene rings is 2. The van der Waals surface area contributed by atoms with Crippen molar-refractivity contribution >= 4 is 33.4 Å². The molecular weight excluding hydrogens is 470 g/mol. The topological polar surface area (TPSA) is 101 Å². The maximum Gasteiger partial charge on any atom is 0.258 e. The second-order valence-corrected chi connectivity index (χ2v) is 11.3. The van der Waals surface area contributed by atoms with E-state index < -0.39 is 11.8 Å². The lowest BCUT2D eigenvalue weighted by Gasteiger charge is -2.38. The minimum atomic E-state index is -0.636. The highest BCUT2D eigenvalue weighted by Crippen LogP contribution is 2.35. The van der Waals surface area contributed by atoms with Crippen LogP contribution >= 0.6 is 11.3 Å². The third-order valence-corrected chi connectivity index (χ3v) is 8.26. The summed E-state index contributed by atoms with van der Waals surface area (Å²) in [5, 5.41) is 12.6. The summed E-state index contributed by atoms with van der Waals surface area (Å²) >= 11 is 1.35. The quantitative estimate of drug-likeness (QED) is 0.438. The summed E-state index contributed by atoms with van der Waals surface area (Å²) < 4.78 is 0. The van der Waals surface area contributed by atoms with E-state index >= 15 is 0 Å². The minimum Gasteiger partial charge on any atom is -0.366 e. The Hall–Kier alpha value is -3.26. The molecule has 1 aliphatic carbocycles. The van der Waals surface area contributed by atoms with Gasteiger partial charge in [0.1, 0.15) is 0 Å². The van der Waals surface area contributed by atoms with E-state index in [0.717, 1.165) is 47.0 Å². The van der Waals surface area contributed by atoms with Gasteiger partial charge in [0.25, 0.3) is 5.91 Å². The standard InChI is InChI=1S/C28H33N5O2S/c1-16-13-23(25(29)34)24(15-22(16)21-11-9-20(10-12-21)14-19-7-8-19)26(35)30-27-31-32-28(36-27)33-17(2)5-4-6-18(33)3/h9-13,15,17-19H,4-8,14H2,1-3H3,(H2,29,34)(H,30,31,35)/t17-,18+. The highest BCUT2D eigenvalue weighted by atomic mass is 32.1. The number of piperidine rings is 1. The molecule has 0 unspecified atom stereocenters. The summed E-state index contributed by atoms with van der Waals surface area (Å²) in [6, 6.07) is 12.7. The fourth-order valence-corrected chi connectivity index (χ4v) is 6.16. The summed E-state index contributed by atoms with van der Waals surface area (Å²) in [5.41, 5.74) is 10.2. The Labute approximate surface area is 216 Å². The van der Waals surface area contributed by atoms with Gasteiger partial charge in [0.2, 0.25) is 16.2 Å². The molecule has 3 N–H and O–H groups in total. The SMILES string of the molecule is Cc1cc(C(N)=O)c(C(=O)Nc2nnc(N3[C@H](C)CCC[C@@H]3C)s2)cc1-c1ccc(CC2CC2)cc1. The van der Waals surface area contributed by atoms with Crippen molar-refractivity contribution in [3.05, 3.63) is 58.7 Å². The molecule has 8 heteroatoms. The number of nitrogens with zero attached hydrogens (tertiary/aromatic N) is 3. The molecule has 2 heterocycles. The molecule has 188 valence electrons. The zero-order valence-corrected chi connectivity index (χ0v) is 21.9. The molecule has 3 aromatic rings. The second kappa shape index (κ2) is 10.0. The molecule has 5 rings (SSSR count). The van der Waals surface area contributed by atoms with E-state index in [4.69, 9.17) is 5.73 Å². The molecule has 0 spiro atoms. The van der Waals surface area contributed by atoms with E-state index in [1.165, 1.54) is 36.2 Å². The van der Waals surface area contributed by atoms with Gasteiger partial charge < -0.3 is 10.6 Å². The Bertz CT molecular complexity index is 1270. The van der Waals surface area contributed by atoms with Crippen molar-refractivity contribution in [2.24, 2.45) is 11.7 Å². The fraction of sp³-hybridized carbons (Fsp3) is 0.429. The van der Waals surface area contributed by atoms with Gasteiger partial charge in [0.15, 0.2) is 0 Å². The van der Waals surface area contributed by atoms with Crippen LogP contribution < -0.4 is 16.0 Å². The number of carbonyl (C=O) groups is 2. The van der Waals surface area contributed by atoms with E-state index in [2.05, 4.69) is 58.5 Å². The molecule has 2 aliphatic rings. The molecule has 1 saturated heterocycles. The number of rotatable bonds is 7. The largest absolute Gasteiger partial charge is 0.366 e. The van der Waals surface area contributed by atoms with Crippen molar-refractivity contribution in [2.75, 3.05) is 10.2 Å². The number of aromatic nitrogens is 2. The summed E-state index contributed by atoms with van der Waals surface area (Å²) in [7, 11) is 0. The lowest BCUT2D eigenvalue weighted by Crippen LogP contribution is -2.43. The molecule has 1 saturated carbocycles. The monoisotopic (exact) mass is 503 g/mol. The van der Waals surface area contributed by atoms with Crippen LogP contribution in [0, 0.1) is 12.8 Å². The van der Waals surface area contributed by atoms with Crippen molar-refractivity contribution in [2.45, 2.75) is 71.4 Å². The zero-order chi connectivity index (χ0) is 25.4. The van der Waals surface area contributed by atoms with Crippen LogP contribution in [0.1, 0.15) is 77.8 Å². The van der Waals surface area contributed by atoms with Crippen LogP contribution in [0.25, 0.3) is 11.1 Å². The predicted octanol–water partition coefficient (Wildman–Crippen LogP) is 5.58. The first-order valence-electron chi connectivity index (χ1n) is 12.8. The predicted molar refractivity (Wildman–Crippen MR) is 145 cm³/mol. The summed E-state index contributed by atoms with van der Waals surface area (Å²) in [6.45, 7) is 6.32. The molecule has 0 radical (unpaired) electrons. The molecule has 7 nitrogen and oxygen atoms in total. The van der Waals surface area contributed by atoms with Gasteiger partial charge in [0.05, 0.1) is 11.1 Å². The van der Waals surface area contributed by atoms with Crippen LogP contribution in [0.3, 0.4) is 0 Å². The van der Waals surface area contributed by atoms with Gasteiger partial charge in [0, 0.05) is 12.1 Å². The summed E-state index contributed by atoms with van der Waals surface area (Å²) in [4.78, 5) is 27.8. The van der Waals surface area contributed by atoms with E-state index in [1.54, 1.807) is 12.1 Å². The Morgan fingerprint density at radius 1 is 1.03 bits per heavy atom. The van der Waals surface area contributed by atoms with Gasteiger partial charge in [-0.3, -0.25) is 14.9 Å².